The predicted molar refractivity (Wildman–Crippen MR) is 83.0 cm³/mol. The number of amides is 1. The second-order valence-corrected chi connectivity index (χ2v) is 5.84. The minimum Gasteiger partial charge on any atom is -0.483 e. The van der Waals surface area contributed by atoms with Crippen LogP contribution in [0.2, 0.25) is 5.02 Å². The summed E-state index contributed by atoms with van der Waals surface area (Å²) in [6.45, 7) is 2.87. The van der Waals surface area contributed by atoms with Gasteiger partial charge in [0.2, 0.25) is 0 Å². The van der Waals surface area contributed by atoms with Crippen LogP contribution in [0.4, 0.5) is 0 Å². The number of carbonyl (C=O) groups is 2. The fourth-order valence-corrected chi connectivity index (χ4v) is 2.79. The summed E-state index contributed by atoms with van der Waals surface area (Å²) < 4.78 is 10.3. The predicted octanol–water partition coefficient (Wildman–Crippen LogP) is 2.44. The van der Waals surface area contributed by atoms with E-state index in [1.807, 2.05) is 6.92 Å². The van der Waals surface area contributed by atoms with E-state index in [2.05, 4.69) is 0 Å². The van der Waals surface area contributed by atoms with E-state index in [-0.39, 0.29) is 24.4 Å². The Hall–Kier alpha value is -1.75. The highest BCUT2D eigenvalue weighted by atomic mass is 35.5. The summed E-state index contributed by atoms with van der Waals surface area (Å²) >= 11 is 5.89. The Labute approximate surface area is 135 Å². The number of hydrogen-bond acceptors (Lipinski definition) is 4. The number of benzene rings is 1. The summed E-state index contributed by atoms with van der Waals surface area (Å²) in [6, 6.07) is 5.26. The van der Waals surface area contributed by atoms with Gasteiger partial charge in [-0.15, -0.1) is 0 Å². The van der Waals surface area contributed by atoms with E-state index in [4.69, 9.17) is 21.1 Å². The van der Waals surface area contributed by atoms with Gasteiger partial charge in [0.25, 0.3) is 5.91 Å². The number of esters is 1. The number of piperidine rings is 1. The van der Waals surface area contributed by atoms with Crippen LogP contribution in [0.1, 0.15) is 18.4 Å². The minimum atomic E-state index is -0.257. The van der Waals surface area contributed by atoms with Crippen molar-refractivity contribution in [1.82, 2.24) is 4.90 Å². The first-order valence-electron chi connectivity index (χ1n) is 7.26. The number of halogens is 1. The summed E-state index contributed by atoms with van der Waals surface area (Å²) in [5.74, 6) is 0.0224. The van der Waals surface area contributed by atoms with Crippen LogP contribution in [0.15, 0.2) is 18.2 Å². The lowest BCUT2D eigenvalue weighted by atomic mass is 9.98. The maximum Gasteiger partial charge on any atom is 0.310 e. The van der Waals surface area contributed by atoms with Crippen LogP contribution in [0, 0.1) is 12.8 Å². The number of carbonyl (C=O) groups excluding carboxylic acids is 2. The smallest absolute Gasteiger partial charge is 0.310 e. The maximum atomic E-state index is 12.2. The van der Waals surface area contributed by atoms with E-state index < -0.39 is 0 Å². The first-order chi connectivity index (χ1) is 10.5. The fourth-order valence-electron chi connectivity index (χ4n) is 2.57. The first-order valence-corrected chi connectivity index (χ1v) is 7.63. The third-order valence-electron chi connectivity index (χ3n) is 3.80. The molecule has 1 aromatic rings. The number of rotatable bonds is 4. The third kappa shape index (κ3) is 4.13. The van der Waals surface area contributed by atoms with E-state index in [1.165, 1.54) is 7.11 Å². The lowest BCUT2D eigenvalue weighted by Gasteiger charge is -2.31. The Morgan fingerprint density at radius 1 is 1.41 bits per heavy atom. The van der Waals surface area contributed by atoms with Crippen molar-refractivity contribution in [2.24, 2.45) is 5.92 Å². The number of aryl methyl sites for hydroxylation is 1. The molecule has 0 spiro atoms. The van der Waals surface area contributed by atoms with Crippen molar-refractivity contribution in [3.8, 4) is 5.75 Å². The molecule has 1 saturated heterocycles. The van der Waals surface area contributed by atoms with Crippen LogP contribution in [-0.2, 0) is 14.3 Å². The average molecular weight is 326 g/mol. The molecule has 0 N–H and O–H groups in total. The van der Waals surface area contributed by atoms with Gasteiger partial charge >= 0.3 is 5.97 Å². The lowest BCUT2D eigenvalue weighted by Crippen LogP contribution is -2.44. The highest BCUT2D eigenvalue weighted by Crippen LogP contribution is 2.22. The van der Waals surface area contributed by atoms with Crippen molar-refractivity contribution in [3.63, 3.8) is 0 Å². The molecule has 1 aliphatic rings. The van der Waals surface area contributed by atoms with Gasteiger partial charge in [0.05, 0.1) is 13.0 Å². The molecule has 1 atom stereocenters. The SMILES string of the molecule is COC(=O)C1CCCN(C(=O)COc2ccc(Cl)cc2C)C1. The van der Waals surface area contributed by atoms with Gasteiger partial charge in [0.15, 0.2) is 6.61 Å². The molecule has 6 heteroatoms. The van der Waals surface area contributed by atoms with Crippen molar-refractivity contribution in [2.45, 2.75) is 19.8 Å². The molecule has 1 aliphatic heterocycles. The zero-order chi connectivity index (χ0) is 16.1. The van der Waals surface area contributed by atoms with Crippen molar-refractivity contribution in [3.05, 3.63) is 28.8 Å². The molecule has 1 unspecified atom stereocenters. The van der Waals surface area contributed by atoms with Crippen LogP contribution in [0.5, 0.6) is 5.75 Å². The van der Waals surface area contributed by atoms with E-state index in [1.54, 1.807) is 23.1 Å². The fraction of sp³-hybridized carbons (Fsp3) is 0.500. The van der Waals surface area contributed by atoms with Gasteiger partial charge in [0, 0.05) is 18.1 Å². The van der Waals surface area contributed by atoms with Crippen molar-refractivity contribution < 1.29 is 19.1 Å². The molecule has 22 heavy (non-hydrogen) atoms. The Kier molecular flexibility index (Phi) is 5.66. The molecule has 1 heterocycles. The van der Waals surface area contributed by atoms with Gasteiger partial charge in [-0.25, -0.2) is 0 Å². The van der Waals surface area contributed by atoms with Gasteiger partial charge in [-0.1, -0.05) is 11.6 Å². The van der Waals surface area contributed by atoms with Crippen molar-refractivity contribution in [2.75, 3.05) is 26.8 Å². The van der Waals surface area contributed by atoms with E-state index in [0.29, 0.717) is 23.9 Å². The molecule has 120 valence electrons. The van der Waals surface area contributed by atoms with Crippen molar-refractivity contribution >= 4 is 23.5 Å². The highest BCUT2D eigenvalue weighted by molar-refractivity contribution is 6.30. The molecular weight excluding hydrogens is 306 g/mol. The quantitative estimate of drug-likeness (QED) is 0.798. The Balaban J connectivity index is 1.90. The Bertz CT molecular complexity index is 561. The summed E-state index contributed by atoms with van der Waals surface area (Å²) in [6.07, 6.45) is 1.55. The number of likely N-dealkylation sites (tertiary alicyclic amines) is 1. The molecule has 2 rings (SSSR count). The van der Waals surface area contributed by atoms with Crippen molar-refractivity contribution in [1.29, 1.82) is 0 Å². The number of nitrogens with zero attached hydrogens (tertiary/aromatic N) is 1. The van der Waals surface area contributed by atoms with Crippen LogP contribution in [0.25, 0.3) is 0 Å². The van der Waals surface area contributed by atoms with Gasteiger partial charge in [-0.3, -0.25) is 9.59 Å². The zero-order valence-electron chi connectivity index (χ0n) is 12.8. The molecule has 5 nitrogen and oxygen atoms in total. The summed E-state index contributed by atoms with van der Waals surface area (Å²) in [7, 11) is 1.37. The second kappa shape index (κ2) is 7.49. The molecule has 1 fully saturated rings. The third-order valence-corrected chi connectivity index (χ3v) is 4.03. The molecule has 1 amide bonds. The monoisotopic (exact) mass is 325 g/mol. The van der Waals surface area contributed by atoms with Gasteiger partial charge < -0.3 is 14.4 Å². The molecule has 0 radical (unpaired) electrons. The Morgan fingerprint density at radius 2 is 2.18 bits per heavy atom. The van der Waals surface area contributed by atoms with Crippen LogP contribution < -0.4 is 4.74 Å². The normalized spacial score (nSPS) is 18.0. The summed E-state index contributed by atoms with van der Waals surface area (Å²) in [5.41, 5.74) is 0.881. The van der Waals surface area contributed by atoms with Crippen LogP contribution in [-0.4, -0.2) is 43.6 Å². The largest absolute Gasteiger partial charge is 0.483 e. The topological polar surface area (TPSA) is 55.8 Å². The molecule has 1 aromatic carbocycles. The molecular formula is C16H20ClNO4. The molecule has 0 bridgehead atoms. The summed E-state index contributed by atoms with van der Waals surface area (Å²) in [5, 5.41) is 0.633. The van der Waals surface area contributed by atoms with Crippen LogP contribution in [0.3, 0.4) is 0 Å². The zero-order valence-corrected chi connectivity index (χ0v) is 13.6. The average Bonchev–Trinajstić information content (AvgIpc) is 2.53. The maximum absolute atomic E-state index is 12.2. The molecule has 0 aromatic heterocycles. The van der Waals surface area contributed by atoms with Crippen LogP contribution >= 0.6 is 11.6 Å². The van der Waals surface area contributed by atoms with Gasteiger partial charge in [-0.05, 0) is 43.5 Å². The molecule has 0 aliphatic carbocycles. The number of ether oxygens (including phenoxy) is 2. The minimum absolute atomic E-state index is 0.0453. The van der Waals surface area contributed by atoms with E-state index in [9.17, 15) is 9.59 Å². The molecule has 0 saturated carbocycles. The van der Waals surface area contributed by atoms with E-state index in [0.717, 1.165) is 18.4 Å². The lowest BCUT2D eigenvalue weighted by molar-refractivity contribution is -0.149. The Morgan fingerprint density at radius 3 is 2.86 bits per heavy atom. The highest BCUT2D eigenvalue weighted by Gasteiger charge is 2.29. The van der Waals surface area contributed by atoms with Gasteiger partial charge in [0.1, 0.15) is 5.75 Å². The number of hydrogen-bond donors (Lipinski definition) is 0. The summed E-state index contributed by atoms with van der Waals surface area (Å²) in [4.78, 5) is 25.5. The standard InChI is InChI=1S/C16H20ClNO4/c1-11-8-13(17)5-6-14(11)22-10-15(19)18-7-3-4-12(9-18)16(20)21-2/h5-6,8,12H,3-4,7,9-10H2,1-2H3. The number of methoxy groups -OCH3 is 1. The van der Waals surface area contributed by atoms with E-state index >= 15 is 0 Å². The second-order valence-electron chi connectivity index (χ2n) is 5.40. The van der Waals surface area contributed by atoms with Gasteiger partial charge in [-0.2, -0.15) is 0 Å². The first kappa shape index (κ1) is 16.6.